The maximum absolute atomic E-state index is 11.7. The van der Waals surface area contributed by atoms with Crippen LogP contribution in [0.4, 0.5) is 0 Å². The van der Waals surface area contributed by atoms with Crippen LogP contribution in [0.5, 0.6) is 11.5 Å². The van der Waals surface area contributed by atoms with Crippen LogP contribution in [0, 0.1) is 0 Å². The molecule has 5 nitrogen and oxygen atoms in total. The minimum absolute atomic E-state index is 0.0380. The van der Waals surface area contributed by atoms with Gasteiger partial charge >= 0.3 is 0 Å². The van der Waals surface area contributed by atoms with E-state index in [4.69, 9.17) is 9.47 Å². The Bertz CT molecular complexity index is 836. The molecule has 20 heavy (non-hydrogen) atoms. The van der Waals surface area contributed by atoms with Crippen LogP contribution < -0.4 is 9.47 Å². The largest absolute Gasteiger partial charge is 0.454 e. The Morgan fingerprint density at radius 2 is 1.85 bits per heavy atom. The van der Waals surface area contributed by atoms with E-state index in [9.17, 15) is 13.0 Å². The van der Waals surface area contributed by atoms with Crippen LogP contribution in [-0.4, -0.2) is 19.8 Å². The van der Waals surface area contributed by atoms with Crippen LogP contribution in [0.25, 0.3) is 10.8 Å². The van der Waals surface area contributed by atoms with Gasteiger partial charge in [0.15, 0.2) is 11.5 Å². The first-order valence-corrected chi connectivity index (χ1v) is 8.57. The van der Waals surface area contributed by atoms with Crippen LogP contribution in [-0.2, 0) is 21.6 Å². The Morgan fingerprint density at radius 3 is 2.60 bits per heavy atom. The van der Waals surface area contributed by atoms with Crippen molar-refractivity contribution in [3.63, 3.8) is 0 Å². The SMILES string of the molecule is O=S(=O)(O)c1c2c(cc3cc4c(cc13)CSC4)OCO2. The zero-order valence-electron chi connectivity index (χ0n) is 10.3. The molecule has 0 bridgehead atoms. The van der Waals surface area contributed by atoms with Crippen molar-refractivity contribution >= 4 is 32.7 Å². The number of thioether (sulfide) groups is 1. The molecule has 0 spiro atoms. The van der Waals surface area contributed by atoms with Crippen LogP contribution in [0.2, 0.25) is 0 Å². The average Bonchev–Trinajstić information content (AvgIpc) is 2.98. The van der Waals surface area contributed by atoms with E-state index in [0.717, 1.165) is 22.5 Å². The summed E-state index contributed by atoms with van der Waals surface area (Å²) in [6.07, 6.45) is 0. The van der Waals surface area contributed by atoms with E-state index in [1.54, 1.807) is 17.8 Å². The summed E-state index contributed by atoms with van der Waals surface area (Å²) in [5, 5.41) is 1.22. The lowest BCUT2D eigenvalue weighted by Gasteiger charge is -2.10. The zero-order valence-corrected chi connectivity index (χ0v) is 11.9. The zero-order chi connectivity index (χ0) is 13.9. The van der Waals surface area contributed by atoms with Crippen LogP contribution in [0.15, 0.2) is 23.1 Å². The van der Waals surface area contributed by atoms with Gasteiger partial charge in [-0.25, -0.2) is 0 Å². The lowest BCUT2D eigenvalue weighted by Crippen LogP contribution is -2.02. The van der Waals surface area contributed by atoms with E-state index in [1.165, 1.54) is 5.56 Å². The number of rotatable bonds is 1. The highest BCUT2D eigenvalue weighted by Crippen LogP contribution is 2.45. The summed E-state index contributed by atoms with van der Waals surface area (Å²) in [5.41, 5.74) is 2.30. The van der Waals surface area contributed by atoms with E-state index < -0.39 is 10.1 Å². The van der Waals surface area contributed by atoms with Gasteiger partial charge in [0.05, 0.1) is 0 Å². The van der Waals surface area contributed by atoms with Gasteiger partial charge in [-0.15, -0.1) is 0 Å². The van der Waals surface area contributed by atoms with Gasteiger partial charge in [0.25, 0.3) is 10.1 Å². The van der Waals surface area contributed by atoms with Crippen molar-refractivity contribution < 1.29 is 22.4 Å². The second-order valence-electron chi connectivity index (χ2n) is 4.75. The van der Waals surface area contributed by atoms with Crippen molar-refractivity contribution in [1.82, 2.24) is 0 Å². The number of benzene rings is 2. The molecule has 2 aliphatic heterocycles. The predicted octanol–water partition coefficient (Wildman–Crippen LogP) is 2.56. The summed E-state index contributed by atoms with van der Waals surface area (Å²) in [5.74, 6) is 2.23. The third kappa shape index (κ3) is 1.70. The van der Waals surface area contributed by atoms with Crippen molar-refractivity contribution in [3.05, 3.63) is 29.3 Å². The molecule has 1 N–H and O–H groups in total. The number of hydrogen-bond acceptors (Lipinski definition) is 5. The maximum Gasteiger partial charge on any atom is 0.299 e. The molecule has 0 radical (unpaired) electrons. The van der Waals surface area contributed by atoms with Crippen molar-refractivity contribution in [2.75, 3.05) is 6.79 Å². The lowest BCUT2D eigenvalue weighted by atomic mass is 10.0. The van der Waals surface area contributed by atoms with E-state index >= 15 is 0 Å². The lowest BCUT2D eigenvalue weighted by molar-refractivity contribution is 0.172. The molecule has 2 aliphatic rings. The molecule has 0 fully saturated rings. The molecule has 0 aromatic heterocycles. The number of ether oxygens (including phenoxy) is 2. The predicted molar refractivity (Wildman–Crippen MR) is 74.9 cm³/mol. The van der Waals surface area contributed by atoms with E-state index in [0.29, 0.717) is 11.1 Å². The Hall–Kier alpha value is -1.44. The van der Waals surface area contributed by atoms with Crippen molar-refractivity contribution in [3.8, 4) is 11.5 Å². The Balaban J connectivity index is 2.16. The highest BCUT2D eigenvalue weighted by Gasteiger charge is 2.29. The summed E-state index contributed by atoms with van der Waals surface area (Å²) in [6, 6.07) is 5.55. The molecule has 0 atom stereocenters. The van der Waals surface area contributed by atoms with E-state index in [-0.39, 0.29) is 17.4 Å². The summed E-state index contributed by atoms with van der Waals surface area (Å²) in [6.45, 7) is -0.0380. The average molecular weight is 310 g/mol. The molecular weight excluding hydrogens is 300 g/mol. The van der Waals surface area contributed by atoms with E-state index in [1.807, 2.05) is 12.1 Å². The summed E-state index contributed by atoms with van der Waals surface area (Å²) in [7, 11) is -4.38. The fourth-order valence-corrected chi connectivity index (χ4v) is 4.58. The van der Waals surface area contributed by atoms with Crippen LogP contribution >= 0.6 is 11.8 Å². The summed E-state index contributed by atoms with van der Waals surface area (Å²) >= 11 is 1.78. The first-order chi connectivity index (χ1) is 9.54. The number of hydrogen-bond donors (Lipinski definition) is 1. The maximum atomic E-state index is 11.7. The van der Waals surface area contributed by atoms with E-state index in [2.05, 4.69) is 0 Å². The van der Waals surface area contributed by atoms with Crippen LogP contribution in [0.1, 0.15) is 11.1 Å². The van der Waals surface area contributed by atoms with Crippen LogP contribution in [0.3, 0.4) is 0 Å². The second kappa shape index (κ2) is 4.03. The van der Waals surface area contributed by atoms with Gasteiger partial charge in [-0.3, -0.25) is 4.55 Å². The summed E-state index contributed by atoms with van der Waals surface area (Å²) < 4.78 is 43.4. The minimum atomic E-state index is -4.38. The smallest absolute Gasteiger partial charge is 0.299 e. The van der Waals surface area contributed by atoms with Gasteiger partial charge in [0.2, 0.25) is 6.79 Å². The fourth-order valence-electron chi connectivity index (χ4n) is 2.66. The molecule has 2 aromatic carbocycles. The summed E-state index contributed by atoms with van der Waals surface area (Å²) in [4.78, 5) is -0.192. The molecule has 104 valence electrons. The molecule has 0 saturated carbocycles. The minimum Gasteiger partial charge on any atom is -0.454 e. The number of fused-ring (bicyclic) bond motifs is 3. The van der Waals surface area contributed by atoms with Gasteiger partial charge in [-0.2, -0.15) is 20.2 Å². The third-order valence-corrected chi connectivity index (χ3v) is 5.48. The normalized spacial score (nSPS) is 16.6. The van der Waals surface area contributed by atoms with Gasteiger partial charge in [0, 0.05) is 16.9 Å². The van der Waals surface area contributed by atoms with Gasteiger partial charge in [-0.05, 0) is 34.7 Å². The Morgan fingerprint density at radius 1 is 1.10 bits per heavy atom. The monoisotopic (exact) mass is 310 g/mol. The van der Waals surface area contributed by atoms with Gasteiger partial charge in [-0.1, -0.05) is 0 Å². The fraction of sp³-hybridized carbons (Fsp3) is 0.231. The standard InChI is InChI=1S/C13H10O5S2/c14-20(15,16)13-10-2-9-5-19-4-8(9)1-7(10)3-11-12(13)18-6-17-11/h1-3H,4-6H2,(H,14,15,16). The first-order valence-electron chi connectivity index (χ1n) is 5.97. The molecule has 0 aliphatic carbocycles. The highest BCUT2D eigenvalue weighted by atomic mass is 32.2. The topological polar surface area (TPSA) is 72.8 Å². The van der Waals surface area contributed by atoms with Crippen molar-refractivity contribution in [1.29, 1.82) is 0 Å². The molecular formula is C13H10O5S2. The highest BCUT2D eigenvalue weighted by molar-refractivity contribution is 7.98. The van der Waals surface area contributed by atoms with Crippen molar-refractivity contribution in [2.45, 2.75) is 16.4 Å². The van der Waals surface area contributed by atoms with Gasteiger partial charge in [0.1, 0.15) is 4.90 Å². The first kappa shape index (κ1) is 12.3. The quantitative estimate of drug-likeness (QED) is 0.816. The van der Waals surface area contributed by atoms with Gasteiger partial charge < -0.3 is 9.47 Å². The molecule has 0 saturated heterocycles. The molecule has 0 amide bonds. The third-order valence-electron chi connectivity index (χ3n) is 3.52. The second-order valence-corrected chi connectivity index (χ2v) is 7.09. The Kier molecular flexibility index (Phi) is 2.48. The molecule has 7 heteroatoms. The van der Waals surface area contributed by atoms with Crippen molar-refractivity contribution in [2.24, 2.45) is 0 Å². The Labute approximate surface area is 119 Å². The molecule has 2 aromatic rings. The molecule has 4 rings (SSSR count). The molecule has 0 unspecified atom stereocenters. The molecule has 2 heterocycles.